The van der Waals surface area contributed by atoms with Crippen molar-refractivity contribution < 1.29 is 16.8 Å². The molecule has 0 nitrogen and oxygen atoms in total. The van der Waals surface area contributed by atoms with E-state index in [1.165, 1.54) is 55.7 Å². The molecule has 0 bridgehead atoms. The predicted octanol–water partition coefficient (Wildman–Crippen LogP) is 8.48. The first-order chi connectivity index (χ1) is 16.4. The molecule has 0 N–H and O–H groups in total. The van der Waals surface area contributed by atoms with E-state index in [2.05, 4.69) is 133 Å². The first kappa shape index (κ1) is 22.2. The second kappa shape index (κ2) is 9.68. The number of allylic oxidation sites excluding steroid dienone is 8. The van der Waals surface area contributed by atoms with Gasteiger partial charge in [-0.3, -0.25) is 0 Å². The Bertz CT molecular complexity index is 1420. The summed E-state index contributed by atoms with van der Waals surface area (Å²) in [5.74, 6) is 0. The van der Waals surface area contributed by atoms with Gasteiger partial charge in [0.25, 0.3) is 0 Å². The topological polar surface area (TPSA) is 0 Å². The molecule has 1 heteroatoms. The minimum atomic E-state index is 0. The molecule has 165 valence electrons. The molecule has 0 saturated carbocycles. The number of hydrogen-bond donors (Lipinski definition) is 0. The van der Waals surface area contributed by atoms with Crippen LogP contribution in [0.5, 0.6) is 0 Å². The second-order valence-corrected chi connectivity index (χ2v) is 8.46. The summed E-state index contributed by atoms with van der Waals surface area (Å²) in [5, 5.41) is 0. The quantitative estimate of drug-likeness (QED) is 0.269. The number of benzene rings is 4. The third kappa shape index (κ3) is 3.84. The Labute approximate surface area is 211 Å². The first-order valence-electron chi connectivity index (χ1n) is 11.5. The molecule has 0 unspecified atom stereocenters. The van der Waals surface area contributed by atoms with Crippen LogP contribution in [0.2, 0.25) is 0 Å². The fourth-order valence-corrected chi connectivity index (χ4v) is 5.05. The molecule has 4 aromatic rings. The molecule has 0 saturated heterocycles. The Balaban J connectivity index is 0.00000241. The molecule has 0 atom stereocenters. The molecule has 0 fully saturated rings. The molecule has 1 radical (unpaired) electrons. The minimum Gasteiger partial charge on any atom is -0.0795 e. The normalized spacial score (nSPS) is 14.8. The molecular weight excluding hydrogens is 455 g/mol. The summed E-state index contributed by atoms with van der Waals surface area (Å²) >= 11 is 0. The summed E-state index contributed by atoms with van der Waals surface area (Å²) < 4.78 is 0. The minimum absolute atomic E-state index is 0. The van der Waals surface area contributed by atoms with E-state index >= 15 is 0 Å². The van der Waals surface area contributed by atoms with Crippen molar-refractivity contribution in [3.63, 3.8) is 0 Å². The molecule has 4 aromatic carbocycles. The van der Waals surface area contributed by atoms with Crippen LogP contribution in [0.3, 0.4) is 0 Å². The molecule has 6 rings (SSSR count). The van der Waals surface area contributed by atoms with E-state index in [0.29, 0.717) is 0 Å². The molecular formula is C33H24Co. The van der Waals surface area contributed by atoms with Crippen LogP contribution in [-0.4, -0.2) is 0 Å². The summed E-state index contributed by atoms with van der Waals surface area (Å²) in [4.78, 5) is 0. The van der Waals surface area contributed by atoms with E-state index in [0.717, 1.165) is 6.42 Å². The number of rotatable bonds is 5. The van der Waals surface area contributed by atoms with Gasteiger partial charge in [0.05, 0.1) is 0 Å². The van der Waals surface area contributed by atoms with Gasteiger partial charge in [0.2, 0.25) is 0 Å². The van der Waals surface area contributed by atoms with Crippen LogP contribution in [0.15, 0.2) is 145 Å². The van der Waals surface area contributed by atoms with Crippen molar-refractivity contribution in [3.8, 4) is 0 Å². The molecule has 2 aliphatic rings. The van der Waals surface area contributed by atoms with Gasteiger partial charge < -0.3 is 0 Å². The zero-order valence-corrected chi connectivity index (χ0v) is 19.8. The number of hydrogen-bond acceptors (Lipinski definition) is 0. The van der Waals surface area contributed by atoms with E-state index in [-0.39, 0.29) is 16.8 Å². The third-order valence-electron chi connectivity index (χ3n) is 6.51. The van der Waals surface area contributed by atoms with Gasteiger partial charge in [0, 0.05) is 16.8 Å². The van der Waals surface area contributed by atoms with Gasteiger partial charge in [-0.15, -0.1) is 0 Å². The van der Waals surface area contributed by atoms with Crippen molar-refractivity contribution in [2.24, 2.45) is 0 Å². The average Bonchev–Trinajstić information content (AvgIpc) is 3.35. The van der Waals surface area contributed by atoms with Crippen LogP contribution in [0.25, 0.3) is 22.3 Å². The van der Waals surface area contributed by atoms with Crippen LogP contribution in [0, 0.1) is 0 Å². The Hall–Kier alpha value is -3.65. The van der Waals surface area contributed by atoms with E-state index in [1.807, 2.05) is 0 Å². The summed E-state index contributed by atoms with van der Waals surface area (Å²) in [5.41, 5.74) is 13.3. The molecule has 0 amide bonds. The third-order valence-corrected chi connectivity index (χ3v) is 6.51. The first-order valence-corrected chi connectivity index (χ1v) is 11.5. The van der Waals surface area contributed by atoms with Crippen LogP contribution in [0.1, 0.15) is 28.7 Å². The van der Waals surface area contributed by atoms with E-state index in [1.54, 1.807) is 0 Å². The van der Waals surface area contributed by atoms with E-state index < -0.39 is 0 Å². The second-order valence-electron chi connectivity index (χ2n) is 8.46. The van der Waals surface area contributed by atoms with Gasteiger partial charge in [0.15, 0.2) is 0 Å². The van der Waals surface area contributed by atoms with E-state index in [9.17, 15) is 0 Å². The van der Waals surface area contributed by atoms with Crippen molar-refractivity contribution in [2.45, 2.75) is 6.42 Å². The van der Waals surface area contributed by atoms with Crippen molar-refractivity contribution in [1.82, 2.24) is 0 Å². The largest absolute Gasteiger partial charge is 0.0795 e. The Kier molecular flexibility index (Phi) is 6.31. The summed E-state index contributed by atoms with van der Waals surface area (Å²) in [6.45, 7) is 0. The fourth-order valence-electron chi connectivity index (χ4n) is 5.05. The fraction of sp³-hybridized carbons (Fsp3) is 0.0303. The molecule has 34 heavy (non-hydrogen) atoms. The molecule has 2 aliphatic carbocycles. The van der Waals surface area contributed by atoms with Gasteiger partial charge in [-0.05, 0) is 62.1 Å². The maximum Gasteiger partial charge on any atom is 0 e. The average molecular weight is 479 g/mol. The Morgan fingerprint density at radius 1 is 0.382 bits per heavy atom. The van der Waals surface area contributed by atoms with Crippen LogP contribution in [0.4, 0.5) is 0 Å². The van der Waals surface area contributed by atoms with Gasteiger partial charge in [-0.2, -0.15) is 0 Å². The molecule has 0 aromatic heterocycles. The summed E-state index contributed by atoms with van der Waals surface area (Å²) in [7, 11) is 0. The standard InChI is InChI=1S/C33H24.Co/c1-5-14-24(15-6-1)28-22-13-23-29(28)33-31(26-18-9-3-10-19-26)30(25-16-7-2-8-17-25)32(33)27-20-11-4-12-21-27;/h1-22H,23H2;. The van der Waals surface area contributed by atoms with Gasteiger partial charge >= 0.3 is 0 Å². The van der Waals surface area contributed by atoms with Crippen LogP contribution in [-0.2, 0) is 16.8 Å². The van der Waals surface area contributed by atoms with Crippen LogP contribution < -0.4 is 0 Å². The Morgan fingerprint density at radius 3 is 1.18 bits per heavy atom. The van der Waals surface area contributed by atoms with Crippen molar-refractivity contribution >= 4 is 22.3 Å². The zero-order chi connectivity index (χ0) is 22.0. The monoisotopic (exact) mass is 479 g/mol. The summed E-state index contributed by atoms with van der Waals surface area (Å²) in [6.07, 6.45) is 5.55. The van der Waals surface area contributed by atoms with Crippen molar-refractivity contribution in [3.05, 3.63) is 167 Å². The van der Waals surface area contributed by atoms with Crippen molar-refractivity contribution in [2.75, 3.05) is 0 Å². The summed E-state index contributed by atoms with van der Waals surface area (Å²) in [6, 6.07) is 43.3. The SMILES string of the molecule is C1=CC(c2ccccc2)=C(C2=C(c3ccccc3)C(c3ccccc3)=C2c2ccccc2)C1.[Co]. The van der Waals surface area contributed by atoms with Gasteiger partial charge in [-0.25, -0.2) is 0 Å². The maximum absolute atomic E-state index is 2.30. The van der Waals surface area contributed by atoms with Gasteiger partial charge in [-0.1, -0.05) is 133 Å². The predicted molar refractivity (Wildman–Crippen MR) is 140 cm³/mol. The molecule has 0 spiro atoms. The Morgan fingerprint density at radius 2 is 0.735 bits per heavy atom. The molecule has 0 heterocycles. The van der Waals surface area contributed by atoms with Gasteiger partial charge in [0.1, 0.15) is 0 Å². The maximum atomic E-state index is 2.30. The van der Waals surface area contributed by atoms with Crippen LogP contribution >= 0.6 is 0 Å². The van der Waals surface area contributed by atoms with Crippen molar-refractivity contribution in [1.29, 1.82) is 0 Å². The van der Waals surface area contributed by atoms with E-state index in [4.69, 9.17) is 0 Å². The smallest absolute Gasteiger partial charge is 0 e. The molecule has 0 aliphatic heterocycles. The zero-order valence-electron chi connectivity index (χ0n) is 18.7.